The number of ether oxygens (including phenoxy) is 1. The molecule has 1 unspecified atom stereocenters. The van der Waals surface area contributed by atoms with Crippen LogP contribution in [0, 0.1) is 6.92 Å². The Kier molecular flexibility index (Phi) is 4.79. The largest absolute Gasteiger partial charge is 0.496 e. The van der Waals surface area contributed by atoms with Crippen LogP contribution in [-0.2, 0) is 0 Å². The van der Waals surface area contributed by atoms with Crippen LogP contribution in [0.4, 0.5) is 5.69 Å². The molecule has 0 aliphatic carbocycles. The van der Waals surface area contributed by atoms with Crippen LogP contribution in [0.5, 0.6) is 5.75 Å². The van der Waals surface area contributed by atoms with Crippen molar-refractivity contribution in [2.24, 2.45) is 0 Å². The van der Waals surface area contributed by atoms with Crippen LogP contribution in [0.1, 0.15) is 24.1 Å². The second-order valence-electron chi connectivity index (χ2n) is 4.69. The minimum atomic E-state index is 0.0639. The van der Waals surface area contributed by atoms with E-state index in [9.17, 15) is 0 Å². The Balaban J connectivity index is 2.21. The molecule has 0 amide bonds. The van der Waals surface area contributed by atoms with Crippen molar-refractivity contribution in [3.05, 3.63) is 57.6 Å². The second kappa shape index (κ2) is 6.38. The van der Waals surface area contributed by atoms with E-state index in [1.54, 1.807) is 13.2 Å². The Hall–Kier alpha value is -1.38. The average Bonchev–Trinajstić information content (AvgIpc) is 2.42. The van der Waals surface area contributed by atoms with Crippen molar-refractivity contribution in [3.8, 4) is 5.75 Å². The molecule has 0 bridgehead atoms. The summed E-state index contributed by atoms with van der Waals surface area (Å²) >= 11 is 12.3. The van der Waals surface area contributed by atoms with Crippen LogP contribution in [0.15, 0.2) is 36.4 Å². The van der Waals surface area contributed by atoms with Crippen molar-refractivity contribution < 1.29 is 4.74 Å². The van der Waals surface area contributed by atoms with Crippen molar-refractivity contribution >= 4 is 28.9 Å². The molecule has 0 aliphatic heterocycles. The highest BCUT2D eigenvalue weighted by atomic mass is 35.5. The van der Waals surface area contributed by atoms with Crippen LogP contribution in [-0.4, -0.2) is 7.11 Å². The van der Waals surface area contributed by atoms with Crippen LogP contribution in [0.2, 0.25) is 10.0 Å². The van der Waals surface area contributed by atoms with E-state index in [4.69, 9.17) is 27.9 Å². The van der Waals surface area contributed by atoms with Gasteiger partial charge in [0, 0.05) is 5.69 Å². The Morgan fingerprint density at radius 2 is 1.90 bits per heavy atom. The molecule has 0 aliphatic rings. The zero-order valence-corrected chi connectivity index (χ0v) is 13.2. The van der Waals surface area contributed by atoms with E-state index in [1.807, 2.05) is 37.3 Å². The molecule has 0 saturated carbocycles. The predicted octanol–water partition coefficient (Wildman–Crippen LogP) is 5.48. The van der Waals surface area contributed by atoms with Gasteiger partial charge < -0.3 is 10.1 Å². The molecule has 0 aromatic heterocycles. The van der Waals surface area contributed by atoms with Crippen LogP contribution >= 0.6 is 23.2 Å². The molecule has 0 radical (unpaired) electrons. The summed E-state index contributed by atoms with van der Waals surface area (Å²) < 4.78 is 5.26. The maximum Gasteiger partial charge on any atom is 0.121 e. The highest BCUT2D eigenvalue weighted by molar-refractivity contribution is 6.42. The summed E-state index contributed by atoms with van der Waals surface area (Å²) in [7, 11) is 1.67. The van der Waals surface area contributed by atoms with Gasteiger partial charge in [-0.2, -0.15) is 0 Å². The Morgan fingerprint density at radius 3 is 2.55 bits per heavy atom. The summed E-state index contributed by atoms with van der Waals surface area (Å²) in [6, 6.07) is 11.7. The lowest BCUT2D eigenvalue weighted by atomic mass is 10.1. The van der Waals surface area contributed by atoms with Gasteiger partial charge >= 0.3 is 0 Å². The average molecular weight is 310 g/mol. The number of hydrogen-bond acceptors (Lipinski definition) is 2. The Labute approximate surface area is 129 Å². The van der Waals surface area contributed by atoms with Gasteiger partial charge in [0.2, 0.25) is 0 Å². The van der Waals surface area contributed by atoms with E-state index >= 15 is 0 Å². The van der Waals surface area contributed by atoms with Gasteiger partial charge in [-0.15, -0.1) is 0 Å². The Bertz CT molecular complexity index is 613. The van der Waals surface area contributed by atoms with Gasteiger partial charge in [-0.1, -0.05) is 35.3 Å². The second-order valence-corrected chi connectivity index (χ2v) is 5.48. The third-order valence-corrected chi connectivity index (χ3v) is 4.06. The topological polar surface area (TPSA) is 21.3 Å². The van der Waals surface area contributed by atoms with Gasteiger partial charge in [-0.3, -0.25) is 0 Å². The van der Waals surface area contributed by atoms with Gasteiger partial charge in [-0.05, 0) is 49.2 Å². The van der Waals surface area contributed by atoms with Crippen LogP contribution in [0.25, 0.3) is 0 Å². The first-order chi connectivity index (χ1) is 9.52. The van der Waals surface area contributed by atoms with Crippen molar-refractivity contribution in [1.29, 1.82) is 0 Å². The standard InChI is InChI=1S/C16H17Cl2NO/c1-10-9-12(7-8-15(10)20-3)19-11(2)13-5-4-6-14(17)16(13)18/h4-9,11,19H,1-3H3. The fourth-order valence-electron chi connectivity index (χ4n) is 2.15. The molecule has 4 heteroatoms. The molecule has 2 rings (SSSR count). The number of nitrogens with one attached hydrogen (secondary N) is 1. The fraction of sp³-hybridized carbons (Fsp3) is 0.250. The maximum absolute atomic E-state index is 6.24. The molecule has 0 fully saturated rings. The first-order valence-corrected chi connectivity index (χ1v) is 7.13. The van der Waals surface area contributed by atoms with Gasteiger partial charge in [0.25, 0.3) is 0 Å². The number of methoxy groups -OCH3 is 1. The molecule has 2 aromatic carbocycles. The number of halogens is 2. The predicted molar refractivity (Wildman–Crippen MR) is 86.2 cm³/mol. The molecule has 0 saturated heterocycles. The van der Waals surface area contributed by atoms with Gasteiger partial charge in [0.05, 0.1) is 23.2 Å². The smallest absolute Gasteiger partial charge is 0.121 e. The van der Waals surface area contributed by atoms with Crippen LogP contribution < -0.4 is 10.1 Å². The fourth-order valence-corrected chi connectivity index (χ4v) is 2.62. The number of aryl methyl sites for hydroxylation is 1. The van der Waals surface area contributed by atoms with E-state index in [2.05, 4.69) is 12.2 Å². The summed E-state index contributed by atoms with van der Waals surface area (Å²) in [5, 5.41) is 4.59. The lowest BCUT2D eigenvalue weighted by Crippen LogP contribution is -2.07. The summed E-state index contributed by atoms with van der Waals surface area (Å²) in [6.07, 6.45) is 0. The number of benzene rings is 2. The van der Waals surface area contributed by atoms with Crippen molar-refractivity contribution in [2.75, 3.05) is 12.4 Å². The highest BCUT2D eigenvalue weighted by Gasteiger charge is 2.12. The first kappa shape index (κ1) is 15.0. The molecule has 0 heterocycles. The van der Waals surface area contributed by atoms with Crippen molar-refractivity contribution in [1.82, 2.24) is 0 Å². The zero-order valence-electron chi connectivity index (χ0n) is 11.7. The first-order valence-electron chi connectivity index (χ1n) is 6.38. The number of rotatable bonds is 4. The number of anilines is 1. The Morgan fingerprint density at radius 1 is 1.15 bits per heavy atom. The molecule has 2 aromatic rings. The normalized spacial score (nSPS) is 12.1. The highest BCUT2D eigenvalue weighted by Crippen LogP contribution is 2.32. The van der Waals surface area contributed by atoms with Gasteiger partial charge in [0.15, 0.2) is 0 Å². The number of hydrogen-bond donors (Lipinski definition) is 1. The molecular formula is C16H17Cl2NO. The molecule has 1 N–H and O–H groups in total. The lowest BCUT2D eigenvalue weighted by molar-refractivity contribution is 0.412. The summed E-state index contributed by atoms with van der Waals surface area (Å²) in [5.41, 5.74) is 3.08. The monoisotopic (exact) mass is 309 g/mol. The molecule has 20 heavy (non-hydrogen) atoms. The van der Waals surface area contributed by atoms with E-state index in [-0.39, 0.29) is 6.04 Å². The molecular weight excluding hydrogens is 293 g/mol. The van der Waals surface area contributed by atoms with Crippen molar-refractivity contribution in [3.63, 3.8) is 0 Å². The summed E-state index contributed by atoms with van der Waals surface area (Å²) in [5.74, 6) is 0.879. The molecule has 2 nitrogen and oxygen atoms in total. The third-order valence-electron chi connectivity index (χ3n) is 3.23. The van der Waals surface area contributed by atoms with Gasteiger partial charge in [0.1, 0.15) is 5.75 Å². The van der Waals surface area contributed by atoms with E-state index in [0.717, 1.165) is 22.6 Å². The summed E-state index contributed by atoms with van der Waals surface area (Å²) in [4.78, 5) is 0. The van der Waals surface area contributed by atoms with E-state index in [1.165, 1.54) is 0 Å². The van der Waals surface area contributed by atoms with Crippen molar-refractivity contribution in [2.45, 2.75) is 19.9 Å². The maximum atomic E-state index is 6.24. The zero-order chi connectivity index (χ0) is 14.7. The van der Waals surface area contributed by atoms with Crippen LogP contribution in [0.3, 0.4) is 0 Å². The molecule has 1 atom stereocenters. The van der Waals surface area contributed by atoms with E-state index < -0.39 is 0 Å². The third kappa shape index (κ3) is 3.20. The minimum absolute atomic E-state index is 0.0639. The molecule has 0 spiro atoms. The van der Waals surface area contributed by atoms with Gasteiger partial charge in [-0.25, -0.2) is 0 Å². The minimum Gasteiger partial charge on any atom is -0.496 e. The summed E-state index contributed by atoms with van der Waals surface area (Å²) in [6.45, 7) is 4.07. The lowest BCUT2D eigenvalue weighted by Gasteiger charge is -2.18. The quantitative estimate of drug-likeness (QED) is 0.807. The SMILES string of the molecule is COc1ccc(NC(C)c2cccc(Cl)c2Cl)cc1C. The molecule has 106 valence electrons. The van der Waals surface area contributed by atoms with E-state index in [0.29, 0.717) is 10.0 Å².